The highest BCUT2D eigenvalue weighted by Crippen LogP contribution is 2.25. The maximum atomic E-state index is 12.9. The highest BCUT2D eigenvalue weighted by molar-refractivity contribution is 6.30. The van der Waals surface area contributed by atoms with Crippen LogP contribution in [0.3, 0.4) is 0 Å². The first-order valence-corrected chi connectivity index (χ1v) is 11.0. The standard InChI is InChI=1S/C24H28ClN5O/c1-4-28-10-12-29(13-11-28)20-8-9-23(17(2)14-20)27-24(31)22-16-26-30(18(22)3)21-7-5-6-19(25)15-21/h5-9,14-16H,4,10-13H2,1-3H3,(H,27,31). The van der Waals surface area contributed by atoms with Gasteiger partial charge >= 0.3 is 0 Å². The molecule has 6 nitrogen and oxygen atoms in total. The second-order valence-corrected chi connectivity index (χ2v) is 8.35. The van der Waals surface area contributed by atoms with Gasteiger partial charge < -0.3 is 15.1 Å². The summed E-state index contributed by atoms with van der Waals surface area (Å²) in [5.74, 6) is -0.168. The van der Waals surface area contributed by atoms with Gasteiger partial charge in [-0.3, -0.25) is 4.79 Å². The minimum Gasteiger partial charge on any atom is -0.369 e. The summed E-state index contributed by atoms with van der Waals surface area (Å²) in [6.45, 7) is 11.5. The first kappa shape index (κ1) is 21.4. The van der Waals surface area contributed by atoms with E-state index in [2.05, 4.69) is 39.3 Å². The summed E-state index contributed by atoms with van der Waals surface area (Å²) in [5.41, 5.74) is 5.20. The van der Waals surface area contributed by atoms with Crippen LogP contribution < -0.4 is 10.2 Å². The summed E-state index contributed by atoms with van der Waals surface area (Å²) in [6.07, 6.45) is 1.60. The largest absolute Gasteiger partial charge is 0.369 e. The van der Waals surface area contributed by atoms with Crippen LogP contribution in [0.1, 0.15) is 28.5 Å². The molecule has 0 atom stereocenters. The number of halogens is 1. The van der Waals surface area contributed by atoms with Crippen molar-refractivity contribution in [1.29, 1.82) is 0 Å². The molecular formula is C24H28ClN5O. The van der Waals surface area contributed by atoms with Crippen molar-refractivity contribution < 1.29 is 4.79 Å². The highest BCUT2D eigenvalue weighted by Gasteiger charge is 2.18. The van der Waals surface area contributed by atoms with E-state index in [0.717, 1.165) is 55.4 Å². The number of aromatic nitrogens is 2. The molecule has 3 aromatic rings. The number of rotatable bonds is 5. The molecule has 0 aliphatic carbocycles. The lowest BCUT2D eigenvalue weighted by Gasteiger charge is -2.35. The Morgan fingerprint density at radius 2 is 1.84 bits per heavy atom. The van der Waals surface area contributed by atoms with Crippen molar-refractivity contribution >= 4 is 28.9 Å². The highest BCUT2D eigenvalue weighted by atomic mass is 35.5. The Bertz CT molecular complexity index is 1090. The molecule has 0 bridgehead atoms. The molecule has 4 rings (SSSR count). The number of likely N-dealkylation sites (N-methyl/N-ethyl adjacent to an activating group) is 1. The molecule has 7 heteroatoms. The molecule has 1 aliphatic heterocycles. The van der Waals surface area contributed by atoms with Crippen LogP contribution in [-0.4, -0.2) is 53.3 Å². The number of hydrogen-bond donors (Lipinski definition) is 1. The summed E-state index contributed by atoms with van der Waals surface area (Å²) in [5, 5.41) is 8.06. The summed E-state index contributed by atoms with van der Waals surface area (Å²) >= 11 is 6.10. The van der Waals surface area contributed by atoms with Crippen LogP contribution in [-0.2, 0) is 0 Å². The van der Waals surface area contributed by atoms with Crippen LogP contribution in [0.25, 0.3) is 5.69 Å². The van der Waals surface area contributed by atoms with Crippen molar-refractivity contribution in [3.63, 3.8) is 0 Å². The van der Waals surface area contributed by atoms with Crippen LogP contribution >= 0.6 is 11.6 Å². The predicted molar refractivity (Wildman–Crippen MR) is 127 cm³/mol. The SMILES string of the molecule is CCN1CCN(c2ccc(NC(=O)c3cnn(-c4cccc(Cl)c4)c3C)c(C)c2)CC1. The lowest BCUT2D eigenvalue weighted by Crippen LogP contribution is -2.46. The molecule has 0 saturated carbocycles. The molecule has 1 aromatic heterocycles. The summed E-state index contributed by atoms with van der Waals surface area (Å²) < 4.78 is 1.73. The van der Waals surface area contributed by atoms with Crippen molar-refractivity contribution in [2.75, 3.05) is 42.9 Å². The van der Waals surface area contributed by atoms with Crippen LogP contribution in [0, 0.1) is 13.8 Å². The fraction of sp³-hybridized carbons (Fsp3) is 0.333. The maximum Gasteiger partial charge on any atom is 0.259 e. The van der Waals surface area contributed by atoms with E-state index in [1.165, 1.54) is 5.69 Å². The van der Waals surface area contributed by atoms with Crippen LogP contribution in [0.2, 0.25) is 5.02 Å². The Labute approximate surface area is 188 Å². The van der Waals surface area contributed by atoms with Gasteiger partial charge in [-0.2, -0.15) is 5.10 Å². The van der Waals surface area contributed by atoms with E-state index >= 15 is 0 Å². The maximum absolute atomic E-state index is 12.9. The third-order valence-corrected chi connectivity index (χ3v) is 6.19. The molecule has 2 heterocycles. The van der Waals surface area contributed by atoms with Gasteiger partial charge in [0.25, 0.3) is 5.91 Å². The molecule has 1 amide bonds. The van der Waals surface area contributed by atoms with Gasteiger partial charge in [0.05, 0.1) is 23.1 Å². The van der Waals surface area contributed by atoms with Crippen molar-refractivity contribution in [3.8, 4) is 5.69 Å². The molecule has 1 fully saturated rings. The molecule has 1 saturated heterocycles. The topological polar surface area (TPSA) is 53.4 Å². The molecule has 0 radical (unpaired) electrons. The Kier molecular flexibility index (Phi) is 6.30. The molecule has 2 aromatic carbocycles. The van der Waals surface area contributed by atoms with Crippen LogP contribution in [0.4, 0.5) is 11.4 Å². The predicted octanol–water partition coefficient (Wildman–Crippen LogP) is 4.54. The van der Waals surface area contributed by atoms with E-state index in [4.69, 9.17) is 11.6 Å². The summed E-state index contributed by atoms with van der Waals surface area (Å²) in [7, 11) is 0. The fourth-order valence-electron chi connectivity index (χ4n) is 4.00. The first-order chi connectivity index (χ1) is 15.0. The van der Waals surface area contributed by atoms with Crippen LogP contribution in [0.5, 0.6) is 0 Å². The zero-order chi connectivity index (χ0) is 22.0. The van der Waals surface area contributed by atoms with Gasteiger partial charge in [0.2, 0.25) is 0 Å². The number of hydrogen-bond acceptors (Lipinski definition) is 4. The molecule has 0 unspecified atom stereocenters. The molecule has 1 aliphatic rings. The molecule has 31 heavy (non-hydrogen) atoms. The molecule has 162 valence electrons. The second kappa shape index (κ2) is 9.12. The second-order valence-electron chi connectivity index (χ2n) is 7.91. The lowest BCUT2D eigenvalue weighted by atomic mass is 10.1. The van der Waals surface area contributed by atoms with Crippen molar-refractivity contribution in [1.82, 2.24) is 14.7 Å². The average molecular weight is 438 g/mol. The minimum absolute atomic E-state index is 0.168. The summed E-state index contributed by atoms with van der Waals surface area (Å²) in [6, 6.07) is 13.7. The normalized spacial score (nSPS) is 14.6. The van der Waals surface area contributed by atoms with E-state index in [9.17, 15) is 4.79 Å². The number of carbonyl (C=O) groups is 1. The molecular weight excluding hydrogens is 410 g/mol. The van der Waals surface area contributed by atoms with Gasteiger partial charge in [0.15, 0.2) is 0 Å². The first-order valence-electron chi connectivity index (χ1n) is 10.7. The quantitative estimate of drug-likeness (QED) is 0.636. The minimum atomic E-state index is -0.168. The number of amides is 1. The molecule has 1 N–H and O–H groups in total. The van der Waals surface area contributed by atoms with Gasteiger partial charge in [0, 0.05) is 42.6 Å². The Hall–Kier alpha value is -2.83. The lowest BCUT2D eigenvalue weighted by molar-refractivity contribution is 0.102. The zero-order valence-electron chi connectivity index (χ0n) is 18.2. The number of nitrogens with zero attached hydrogens (tertiary/aromatic N) is 4. The van der Waals surface area contributed by atoms with Crippen molar-refractivity contribution in [2.45, 2.75) is 20.8 Å². The number of carbonyl (C=O) groups excluding carboxylic acids is 1. The fourth-order valence-corrected chi connectivity index (χ4v) is 4.18. The number of anilines is 2. The van der Waals surface area contributed by atoms with Gasteiger partial charge in [-0.25, -0.2) is 4.68 Å². The Morgan fingerprint density at radius 1 is 1.06 bits per heavy atom. The average Bonchev–Trinajstić information content (AvgIpc) is 3.16. The van der Waals surface area contributed by atoms with E-state index in [1.54, 1.807) is 10.9 Å². The summed E-state index contributed by atoms with van der Waals surface area (Å²) in [4.78, 5) is 17.8. The number of benzene rings is 2. The third-order valence-electron chi connectivity index (χ3n) is 5.95. The van der Waals surface area contributed by atoms with E-state index < -0.39 is 0 Å². The van der Waals surface area contributed by atoms with E-state index in [-0.39, 0.29) is 5.91 Å². The van der Waals surface area contributed by atoms with E-state index in [0.29, 0.717) is 10.6 Å². The van der Waals surface area contributed by atoms with Crippen molar-refractivity contribution in [3.05, 3.63) is 70.5 Å². The van der Waals surface area contributed by atoms with Gasteiger partial charge in [-0.05, 0) is 62.4 Å². The smallest absolute Gasteiger partial charge is 0.259 e. The van der Waals surface area contributed by atoms with E-state index in [1.807, 2.05) is 44.2 Å². The Balaban J connectivity index is 1.48. The van der Waals surface area contributed by atoms with Crippen molar-refractivity contribution in [2.24, 2.45) is 0 Å². The Morgan fingerprint density at radius 3 is 2.52 bits per heavy atom. The number of nitrogens with one attached hydrogen (secondary N) is 1. The monoisotopic (exact) mass is 437 g/mol. The van der Waals surface area contributed by atoms with Gasteiger partial charge in [-0.15, -0.1) is 0 Å². The van der Waals surface area contributed by atoms with Gasteiger partial charge in [0.1, 0.15) is 0 Å². The number of piperazine rings is 1. The number of aryl methyl sites for hydroxylation is 1. The molecule has 0 spiro atoms. The van der Waals surface area contributed by atoms with Crippen LogP contribution in [0.15, 0.2) is 48.7 Å². The third kappa shape index (κ3) is 4.60. The van der Waals surface area contributed by atoms with Gasteiger partial charge in [-0.1, -0.05) is 24.6 Å². The zero-order valence-corrected chi connectivity index (χ0v) is 19.0.